The minimum atomic E-state index is -0.854. The number of hydrogen-bond donors (Lipinski definition) is 2. The van der Waals surface area contributed by atoms with E-state index < -0.39 is 5.60 Å². The van der Waals surface area contributed by atoms with Crippen LogP contribution in [0.3, 0.4) is 0 Å². The minimum Gasteiger partial charge on any atom is -0.488 e. The summed E-state index contributed by atoms with van der Waals surface area (Å²) >= 11 is 5.94. The predicted molar refractivity (Wildman–Crippen MR) is 83.5 cm³/mol. The molecule has 1 aromatic rings. The second kappa shape index (κ2) is 6.50. The molecule has 0 spiro atoms. The molecule has 0 unspecified atom stereocenters. The van der Waals surface area contributed by atoms with Gasteiger partial charge in [-0.25, -0.2) is 0 Å². The van der Waals surface area contributed by atoms with Gasteiger partial charge in [-0.1, -0.05) is 25.4 Å². The molecule has 114 valence electrons. The van der Waals surface area contributed by atoms with Crippen LogP contribution in [0.15, 0.2) is 23.8 Å². The van der Waals surface area contributed by atoms with Crippen LogP contribution in [-0.2, 0) is 4.79 Å². The molecule has 1 amide bonds. The van der Waals surface area contributed by atoms with E-state index in [0.717, 1.165) is 11.3 Å². The van der Waals surface area contributed by atoms with E-state index >= 15 is 0 Å². The smallest absolute Gasteiger partial charge is 0.250 e. The van der Waals surface area contributed by atoms with E-state index in [0.29, 0.717) is 23.4 Å². The van der Waals surface area contributed by atoms with Gasteiger partial charge in [0.2, 0.25) is 0 Å². The molecule has 4 nitrogen and oxygen atoms in total. The van der Waals surface area contributed by atoms with Gasteiger partial charge in [-0.05, 0) is 37.1 Å². The molecule has 2 N–H and O–H groups in total. The van der Waals surface area contributed by atoms with Gasteiger partial charge in [0, 0.05) is 17.1 Å². The molecule has 0 saturated heterocycles. The third-order valence-corrected chi connectivity index (χ3v) is 4.11. The third-order valence-electron chi connectivity index (χ3n) is 3.87. The summed E-state index contributed by atoms with van der Waals surface area (Å²) in [5.41, 5.74) is 0.465. The van der Waals surface area contributed by atoms with Crippen molar-refractivity contribution in [3.05, 3.63) is 34.4 Å². The van der Waals surface area contributed by atoms with Gasteiger partial charge in [0.25, 0.3) is 5.91 Å². The topological polar surface area (TPSA) is 58.6 Å². The van der Waals surface area contributed by atoms with Crippen molar-refractivity contribution >= 4 is 23.6 Å². The zero-order valence-electron chi connectivity index (χ0n) is 12.3. The van der Waals surface area contributed by atoms with Crippen molar-refractivity contribution < 1.29 is 14.6 Å². The quantitative estimate of drug-likeness (QED) is 0.879. The van der Waals surface area contributed by atoms with Crippen molar-refractivity contribution in [2.45, 2.75) is 32.3 Å². The lowest BCUT2D eigenvalue weighted by Crippen LogP contribution is -2.43. The maximum atomic E-state index is 12.2. The number of carbonyl (C=O) groups is 1. The number of ether oxygens (including phenoxy) is 1. The number of nitrogens with one attached hydrogen (secondary N) is 1. The average Bonchev–Trinajstić information content (AvgIpc) is 2.51. The lowest BCUT2D eigenvalue weighted by molar-refractivity contribution is -0.119. The first-order valence-corrected chi connectivity index (χ1v) is 7.48. The zero-order valence-corrected chi connectivity index (χ0v) is 13.0. The first-order valence-electron chi connectivity index (χ1n) is 7.11. The van der Waals surface area contributed by atoms with Crippen LogP contribution in [0.25, 0.3) is 6.08 Å². The van der Waals surface area contributed by atoms with Gasteiger partial charge in [-0.3, -0.25) is 4.79 Å². The number of carbonyl (C=O) groups excluding carboxylic acids is 1. The van der Waals surface area contributed by atoms with Gasteiger partial charge in [0.1, 0.15) is 12.4 Å². The van der Waals surface area contributed by atoms with Gasteiger partial charge in [0.15, 0.2) is 0 Å². The van der Waals surface area contributed by atoms with Crippen molar-refractivity contribution in [2.24, 2.45) is 0 Å². The fourth-order valence-electron chi connectivity index (χ4n) is 2.14. The Hall–Kier alpha value is -1.52. The summed E-state index contributed by atoms with van der Waals surface area (Å²) in [6.45, 7) is 4.25. The Morgan fingerprint density at radius 2 is 2.14 bits per heavy atom. The molecule has 0 fully saturated rings. The van der Waals surface area contributed by atoms with Crippen LogP contribution >= 0.6 is 11.6 Å². The molecule has 1 aliphatic rings. The number of aliphatic hydroxyl groups is 1. The normalized spacial score (nSPS) is 14.0. The molecule has 0 bridgehead atoms. The molecule has 5 heteroatoms. The number of fused-ring (bicyclic) bond motifs is 1. The van der Waals surface area contributed by atoms with Crippen LogP contribution in [0.1, 0.15) is 32.3 Å². The average molecular weight is 310 g/mol. The Morgan fingerprint density at radius 1 is 1.43 bits per heavy atom. The van der Waals surface area contributed by atoms with Gasteiger partial charge in [-0.15, -0.1) is 0 Å². The summed E-state index contributed by atoms with van der Waals surface area (Å²) in [6.07, 6.45) is 2.96. The first kappa shape index (κ1) is 15.9. The predicted octanol–water partition coefficient (Wildman–Crippen LogP) is 2.78. The molecule has 0 radical (unpaired) electrons. The number of halogens is 1. The maximum Gasteiger partial charge on any atom is 0.250 e. The highest BCUT2D eigenvalue weighted by atomic mass is 35.5. The summed E-state index contributed by atoms with van der Waals surface area (Å²) in [5.74, 6) is 0.496. The summed E-state index contributed by atoms with van der Waals surface area (Å²) in [5, 5.41) is 13.6. The second-order valence-corrected chi connectivity index (χ2v) is 5.69. The van der Waals surface area contributed by atoms with Crippen molar-refractivity contribution in [3.63, 3.8) is 0 Å². The number of benzene rings is 1. The summed E-state index contributed by atoms with van der Waals surface area (Å²) in [4.78, 5) is 12.2. The van der Waals surface area contributed by atoms with Crippen molar-refractivity contribution in [1.82, 2.24) is 5.32 Å². The second-order valence-electron chi connectivity index (χ2n) is 5.25. The fraction of sp³-hybridized carbons (Fsp3) is 0.438. The van der Waals surface area contributed by atoms with Gasteiger partial charge in [-0.2, -0.15) is 0 Å². The largest absolute Gasteiger partial charge is 0.488 e. The molecule has 0 atom stereocenters. The lowest BCUT2D eigenvalue weighted by Gasteiger charge is -2.26. The van der Waals surface area contributed by atoms with Crippen LogP contribution in [0.2, 0.25) is 5.02 Å². The highest BCUT2D eigenvalue weighted by Crippen LogP contribution is 2.29. The molecule has 0 aromatic heterocycles. The van der Waals surface area contributed by atoms with Crippen molar-refractivity contribution in [2.75, 3.05) is 13.2 Å². The number of hydrogen-bond acceptors (Lipinski definition) is 3. The standard InChI is InChI=1S/C16H20ClNO3/c1-3-16(20,4-2)10-18-15(19)12-7-11-8-13(17)5-6-14(11)21-9-12/h5-8,20H,3-4,9-10H2,1-2H3,(H,18,19). The Labute approximate surface area is 129 Å². The van der Waals surface area contributed by atoms with E-state index in [9.17, 15) is 9.90 Å². The highest BCUT2D eigenvalue weighted by molar-refractivity contribution is 6.30. The van der Waals surface area contributed by atoms with Crippen LogP contribution < -0.4 is 10.1 Å². The molecule has 1 heterocycles. The fourth-order valence-corrected chi connectivity index (χ4v) is 2.32. The van der Waals surface area contributed by atoms with Crippen LogP contribution in [0, 0.1) is 0 Å². The van der Waals surface area contributed by atoms with E-state index in [2.05, 4.69) is 5.32 Å². The molecule has 0 saturated carbocycles. The Morgan fingerprint density at radius 3 is 2.81 bits per heavy atom. The Bertz CT molecular complexity index is 565. The van der Waals surface area contributed by atoms with Crippen LogP contribution in [0.4, 0.5) is 0 Å². The van der Waals surface area contributed by atoms with E-state index in [-0.39, 0.29) is 19.1 Å². The SMILES string of the molecule is CCC(O)(CC)CNC(=O)C1=Cc2cc(Cl)ccc2OC1. The Balaban J connectivity index is 2.07. The molecule has 1 aliphatic heterocycles. The van der Waals surface area contributed by atoms with E-state index in [1.165, 1.54) is 0 Å². The van der Waals surface area contributed by atoms with Crippen molar-refractivity contribution in [3.8, 4) is 5.75 Å². The molecular formula is C16H20ClNO3. The summed E-state index contributed by atoms with van der Waals surface area (Å²) < 4.78 is 5.55. The molecule has 0 aliphatic carbocycles. The Kier molecular flexibility index (Phi) is 4.91. The van der Waals surface area contributed by atoms with E-state index in [1.54, 1.807) is 24.3 Å². The van der Waals surface area contributed by atoms with E-state index in [1.807, 2.05) is 13.8 Å². The molecule has 1 aromatic carbocycles. The highest BCUT2D eigenvalue weighted by Gasteiger charge is 2.24. The van der Waals surface area contributed by atoms with Gasteiger partial charge < -0.3 is 15.2 Å². The lowest BCUT2D eigenvalue weighted by atomic mass is 9.97. The summed E-state index contributed by atoms with van der Waals surface area (Å²) in [6, 6.07) is 5.30. The zero-order chi connectivity index (χ0) is 15.5. The molecule has 2 rings (SSSR count). The van der Waals surface area contributed by atoms with Gasteiger partial charge in [0.05, 0.1) is 11.2 Å². The molecular weight excluding hydrogens is 290 g/mol. The third kappa shape index (κ3) is 3.77. The van der Waals surface area contributed by atoms with Crippen LogP contribution in [0.5, 0.6) is 5.75 Å². The number of amides is 1. The maximum absolute atomic E-state index is 12.2. The van der Waals surface area contributed by atoms with E-state index in [4.69, 9.17) is 16.3 Å². The molecule has 21 heavy (non-hydrogen) atoms. The first-order chi connectivity index (χ1) is 9.97. The van der Waals surface area contributed by atoms with Crippen LogP contribution in [-0.4, -0.2) is 29.8 Å². The van der Waals surface area contributed by atoms with Gasteiger partial charge >= 0.3 is 0 Å². The minimum absolute atomic E-state index is 0.219. The summed E-state index contributed by atoms with van der Waals surface area (Å²) in [7, 11) is 0. The van der Waals surface area contributed by atoms with Crippen molar-refractivity contribution in [1.29, 1.82) is 0 Å². The number of rotatable bonds is 5. The monoisotopic (exact) mass is 309 g/mol.